The molecule has 0 radical (unpaired) electrons. The highest BCUT2D eigenvalue weighted by atomic mass is 16.5. The van der Waals surface area contributed by atoms with Crippen molar-refractivity contribution in [3.8, 4) is 0 Å². The molecule has 17 heavy (non-hydrogen) atoms. The van der Waals surface area contributed by atoms with E-state index in [1.807, 2.05) is 34.6 Å². The van der Waals surface area contributed by atoms with E-state index in [1.165, 1.54) is 0 Å². The number of ether oxygens (including phenoxy) is 1. The molecule has 1 amide bonds. The lowest BCUT2D eigenvalue weighted by Crippen LogP contribution is -2.44. The highest BCUT2D eigenvalue weighted by molar-refractivity contribution is 5.98. The molecule has 0 aromatic heterocycles. The van der Waals surface area contributed by atoms with E-state index < -0.39 is 17.3 Å². The van der Waals surface area contributed by atoms with Crippen molar-refractivity contribution in [2.75, 3.05) is 13.2 Å². The summed E-state index contributed by atoms with van der Waals surface area (Å²) in [4.78, 5) is 23.8. The Labute approximate surface area is 104 Å². The Morgan fingerprint density at radius 2 is 1.76 bits per heavy atom. The molecule has 0 aliphatic carbocycles. The van der Waals surface area contributed by atoms with Crippen molar-refractivity contribution in [2.45, 2.75) is 41.5 Å². The first-order valence-corrected chi connectivity index (χ1v) is 6.14. The molecule has 0 heterocycles. The summed E-state index contributed by atoms with van der Waals surface area (Å²) >= 11 is 0. The van der Waals surface area contributed by atoms with Gasteiger partial charge in [-0.05, 0) is 18.3 Å². The van der Waals surface area contributed by atoms with Crippen LogP contribution in [0.1, 0.15) is 41.5 Å². The molecule has 0 aliphatic rings. The number of carbonyl (C=O) groups excluding carboxylic acids is 2. The van der Waals surface area contributed by atoms with E-state index in [0.717, 1.165) is 0 Å². The van der Waals surface area contributed by atoms with Gasteiger partial charge in [0, 0.05) is 6.54 Å². The second-order valence-corrected chi connectivity index (χ2v) is 5.69. The molecule has 0 aliphatic heterocycles. The van der Waals surface area contributed by atoms with Crippen molar-refractivity contribution < 1.29 is 14.3 Å². The predicted octanol–water partition coefficient (Wildman–Crippen LogP) is 1.98. The average molecular weight is 243 g/mol. The molecule has 0 fully saturated rings. The van der Waals surface area contributed by atoms with Crippen LogP contribution in [-0.4, -0.2) is 25.0 Å². The maximum absolute atomic E-state index is 12.0. The summed E-state index contributed by atoms with van der Waals surface area (Å²) in [7, 11) is 0. The summed E-state index contributed by atoms with van der Waals surface area (Å²) in [5.41, 5.74) is -0.437. The van der Waals surface area contributed by atoms with E-state index >= 15 is 0 Å². The number of esters is 1. The van der Waals surface area contributed by atoms with Crippen molar-refractivity contribution in [1.29, 1.82) is 0 Å². The first kappa shape index (κ1) is 15.9. The molecule has 100 valence electrons. The lowest BCUT2D eigenvalue weighted by molar-refractivity contribution is -0.156. The van der Waals surface area contributed by atoms with Gasteiger partial charge in [0.05, 0.1) is 6.61 Å². The molecule has 1 atom stereocenters. The quantitative estimate of drug-likeness (QED) is 0.593. The zero-order valence-corrected chi connectivity index (χ0v) is 11.8. The molecule has 0 aromatic rings. The van der Waals surface area contributed by atoms with Crippen LogP contribution in [0.5, 0.6) is 0 Å². The van der Waals surface area contributed by atoms with Gasteiger partial charge in [-0.2, -0.15) is 0 Å². The highest BCUT2D eigenvalue weighted by Crippen LogP contribution is 2.27. The van der Waals surface area contributed by atoms with Gasteiger partial charge in [0.25, 0.3) is 0 Å². The fraction of sp³-hybridized carbons (Fsp3) is 0.846. The van der Waals surface area contributed by atoms with E-state index in [0.29, 0.717) is 19.1 Å². The van der Waals surface area contributed by atoms with Gasteiger partial charge in [-0.1, -0.05) is 34.6 Å². The van der Waals surface area contributed by atoms with Gasteiger partial charge in [0.1, 0.15) is 5.92 Å². The number of rotatable bonds is 5. The van der Waals surface area contributed by atoms with Crippen molar-refractivity contribution in [3.05, 3.63) is 0 Å². The summed E-state index contributed by atoms with van der Waals surface area (Å²) in [6.45, 7) is 12.2. The Morgan fingerprint density at radius 3 is 2.12 bits per heavy atom. The molecule has 4 heteroatoms. The topological polar surface area (TPSA) is 55.4 Å². The third-order valence-electron chi connectivity index (χ3n) is 2.34. The fourth-order valence-electron chi connectivity index (χ4n) is 1.49. The average Bonchev–Trinajstić information content (AvgIpc) is 2.12. The summed E-state index contributed by atoms with van der Waals surface area (Å²) < 4.78 is 4.96. The lowest BCUT2D eigenvalue weighted by atomic mass is 9.80. The van der Waals surface area contributed by atoms with Crippen molar-refractivity contribution >= 4 is 11.9 Å². The minimum absolute atomic E-state index is 0.246. The van der Waals surface area contributed by atoms with Crippen LogP contribution in [0.4, 0.5) is 0 Å². The van der Waals surface area contributed by atoms with E-state index in [2.05, 4.69) is 5.32 Å². The number of hydrogen-bond acceptors (Lipinski definition) is 3. The summed E-state index contributed by atoms with van der Waals surface area (Å²) in [5, 5.41) is 2.79. The Kier molecular flexibility index (Phi) is 6.21. The normalized spacial score (nSPS) is 13.4. The van der Waals surface area contributed by atoms with Gasteiger partial charge in [-0.25, -0.2) is 0 Å². The van der Waals surface area contributed by atoms with E-state index in [9.17, 15) is 9.59 Å². The van der Waals surface area contributed by atoms with Gasteiger partial charge < -0.3 is 10.1 Å². The van der Waals surface area contributed by atoms with Crippen LogP contribution in [-0.2, 0) is 14.3 Å². The Bertz CT molecular complexity index is 266. The van der Waals surface area contributed by atoms with E-state index in [4.69, 9.17) is 4.74 Å². The van der Waals surface area contributed by atoms with Crippen LogP contribution in [0.3, 0.4) is 0 Å². The minimum atomic E-state index is -0.749. The molecule has 1 unspecified atom stereocenters. The first-order valence-electron chi connectivity index (χ1n) is 6.14. The Hall–Kier alpha value is -1.06. The second kappa shape index (κ2) is 6.62. The number of carbonyl (C=O) groups is 2. The van der Waals surface area contributed by atoms with Crippen molar-refractivity contribution in [3.63, 3.8) is 0 Å². The van der Waals surface area contributed by atoms with Gasteiger partial charge in [0.15, 0.2) is 0 Å². The molecule has 0 bridgehead atoms. The highest BCUT2D eigenvalue weighted by Gasteiger charge is 2.38. The summed E-state index contributed by atoms with van der Waals surface area (Å²) in [6, 6.07) is 0. The van der Waals surface area contributed by atoms with E-state index in [1.54, 1.807) is 6.92 Å². The maximum Gasteiger partial charge on any atom is 0.319 e. The van der Waals surface area contributed by atoms with Gasteiger partial charge >= 0.3 is 5.97 Å². The molecule has 0 saturated heterocycles. The van der Waals surface area contributed by atoms with Crippen LogP contribution < -0.4 is 5.32 Å². The van der Waals surface area contributed by atoms with Crippen LogP contribution in [0.15, 0.2) is 0 Å². The van der Waals surface area contributed by atoms with Crippen molar-refractivity contribution in [2.24, 2.45) is 17.3 Å². The molecular weight excluding hydrogens is 218 g/mol. The van der Waals surface area contributed by atoms with Gasteiger partial charge in [0.2, 0.25) is 5.91 Å². The number of amides is 1. The molecule has 0 rings (SSSR count). The molecule has 1 N–H and O–H groups in total. The third kappa shape index (κ3) is 5.71. The smallest absolute Gasteiger partial charge is 0.319 e. The van der Waals surface area contributed by atoms with Gasteiger partial charge in [-0.3, -0.25) is 9.59 Å². The Morgan fingerprint density at radius 1 is 1.24 bits per heavy atom. The maximum atomic E-state index is 12.0. The molecule has 0 saturated carbocycles. The van der Waals surface area contributed by atoms with Crippen LogP contribution in [0.25, 0.3) is 0 Å². The second-order valence-electron chi connectivity index (χ2n) is 5.69. The Balaban J connectivity index is 4.70. The lowest BCUT2D eigenvalue weighted by Gasteiger charge is -2.27. The van der Waals surface area contributed by atoms with E-state index in [-0.39, 0.29) is 5.91 Å². The van der Waals surface area contributed by atoms with Crippen LogP contribution in [0.2, 0.25) is 0 Å². The zero-order chi connectivity index (χ0) is 13.6. The third-order valence-corrected chi connectivity index (χ3v) is 2.34. The zero-order valence-electron chi connectivity index (χ0n) is 11.8. The number of hydrogen-bond donors (Lipinski definition) is 1. The number of nitrogens with one attached hydrogen (secondary N) is 1. The standard InChI is InChI=1S/C13H25NO3/c1-7-17-12(16)10(13(4,5)6)11(15)14-8-9(2)3/h9-10H,7-8H2,1-6H3,(H,14,15). The fourth-order valence-corrected chi connectivity index (χ4v) is 1.49. The minimum Gasteiger partial charge on any atom is -0.465 e. The van der Waals surface area contributed by atoms with Gasteiger partial charge in [-0.15, -0.1) is 0 Å². The molecule has 0 aromatic carbocycles. The SMILES string of the molecule is CCOC(=O)C(C(=O)NCC(C)C)C(C)(C)C. The summed E-state index contributed by atoms with van der Waals surface area (Å²) in [6.07, 6.45) is 0. The molecule has 0 spiro atoms. The summed E-state index contributed by atoms with van der Waals surface area (Å²) in [5.74, 6) is -1.08. The molecular formula is C13H25NO3. The largest absolute Gasteiger partial charge is 0.465 e. The predicted molar refractivity (Wildman–Crippen MR) is 67.4 cm³/mol. The van der Waals surface area contributed by atoms with Crippen LogP contribution in [0, 0.1) is 17.3 Å². The molecule has 4 nitrogen and oxygen atoms in total. The van der Waals surface area contributed by atoms with Crippen LogP contribution >= 0.6 is 0 Å². The van der Waals surface area contributed by atoms with Crippen molar-refractivity contribution in [1.82, 2.24) is 5.32 Å². The first-order chi connectivity index (χ1) is 7.70. The monoisotopic (exact) mass is 243 g/mol.